The number of hydrogen-bond donors (Lipinski definition) is 1. The van der Waals surface area contributed by atoms with Crippen molar-refractivity contribution in [1.82, 2.24) is 15.0 Å². The molecule has 1 aromatic heterocycles. The first-order valence-electron chi connectivity index (χ1n) is 16.1. The number of hydrogen-bond acceptors (Lipinski definition) is 4. The van der Waals surface area contributed by atoms with Gasteiger partial charge in [-0.15, -0.1) is 6.58 Å². The number of unbranched alkanes of at least 4 members (excludes halogenated alkanes) is 1. The molecule has 0 aliphatic carbocycles. The molecule has 2 N–H and O–H groups in total. The molecule has 4 nitrogen and oxygen atoms in total. The van der Waals surface area contributed by atoms with Crippen LogP contribution in [0.1, 0.15) is 39.2 Å². The average molecular weight is 619 g/mol. The molecule has 0 bridgehead atoms. The van der Waals surface area contributed by atoms with Crippen LogP contribution in [0.25, 0.3) is 56.4 Å². The zero-order valence-electron chi connectivity index (χ0n) is 28.1. The second-order valence-electron chi connectivity index (χ2n) is 10.4. The van der Waals surface area contributed by atoms with E-state index in [0.717, 1.165) is 34.2 Å². The predicted molar refractivity (Wildman–Crippen MR) is 203 cm³/mol. The fraction of sp³-hybridized carbons (Fsp3) is 0.140. The third-order valence-corrected chi connectivity index (χ3v) is 6.94. The molecule has 0 radical (unpaired) electrons. The summed E-state index contributed by atoms with van der Waals surface area (Å²) in [4.78, 5) is 14.6. The summed E-state index contributed by atoms with van der Waals surface area (Å²) in [7, 11) is 0. The number of aromatic nitrogens is 3. The highest BCUT2D eigenvalue weighted by atomic mass is 15.0. The van der Waals surface area contributed by atoms with E-state index < -0.39 is 0 Å². The Labute approximate surface area is 281 Å². The maximum atomic E-state index is 4.90. The van der Waals surface area contributed by atoms with Crippen LogP contribution in [0.2, 0.25) is 0 Å². The molecular weight excluding hydrogens is 573 g/mol. The van der Waals surface area contributed by atoms with Crippen molar-refractivity contribution in [3.8, 4) is 56.4 Å². The van der Waals surface area contributed by atoms with Gasteiger partial charge in [0.25, 0.3) is 0 Å². The minimum Gasteiger partial charge on any atom is -0.405 e. The van der Waals surface area contributed by atoms with E-state index in [9.17, 15) is 0 Å². The maximum Gasteiger partial charge on any atom is 0.164 e. The van der Waals surface area contributed by atoms with Crippen LogP contribution in [0.4, 0.5) is 0 Å². The summed E-state index contributed by atoms with van der Waals surface area (Å²) in [5.74, 6) is 1.99. The zero-order valence-corrected chi connectivity index (χ0v) is 28.1. The van der Waals surface area contributed by atoms with Crippen molar-refractivity contribution in [3.63, 3.8) is 0 Å². The third-order valence-electron chi connectivity index (χ3n) is 6.94. The Hall–Kier alpha value is -5.61. The van der Waals surface area contributed by atoms with Crippen molar-refractivity contribution in [3.05, 3.63) is 164 Å². The Bertz CT molecular complexity index is 1660. The van der Waals surface area contributed by atoms with Crippen molar-refractivity contribution in [2.45, 2.75) is 40.5 Å². The molecule has 0 spiro atoms. The molecule has 47 heavy (non-hydrogen) atoms. The van der Waals surface area contributed by atoms with Crippen molar-refractivity contribution in [2.75, 3.05) is 0 Å². The van der Waals surface area contributed by atoms with E-state index in [1.54, 1.807) is 0 Å². The molecule has 4 heteroatoms. The minimum atomic E-state index is 0.660. The fourth-order valence-corrected chi connectivity index (χ4v) is 4.55. The monoisotopic (exact) mass is 618 g/mol. The Morgan fingerprint density at radius 1 is 0.489 bits per heavy atom. The lowest BCUT2D eigenvalue weighted by Gasteiger charge is -2.10. The van der Waals surface area contributed by atoms with E-state index in [1.807, 2.05) is 32.1 Å². The molecule has 0 atom stereocenters. The summed E-state index contributed by atoms with van der Waals surface area (Å²) in [5, 5.41) is 0. The van der Waals surface area contributed by atoms with Crippen LogP contribution in [0.15, 0.2) is 159 Å². The summed E-state index contributed by atoms with van der Waals surface area (Å²) in [6.07, 6.45) is 5.56. The number of benzene rings is 5. The Morgan fingerprint density at radius 3 is 1.04 bits per heavy atom. The molecule has 0 fully saturated rings. The first-order chi connectivity index (χ1) is 23.1. The van der Waals surface area contributed by atoms with Gasteiger partial charge in [0.2, 0.25) is 0 Å². The molecule has 0 saturated carbocycles. The van der Waals surface area contributed by atoms with E-state index in [0.29, 0.717) is 17.5 Å². The highest BCUT2D eigenvalue weighted by molar-refractivity contribution is 5.72. The zero-order chi connectivity index (χ0) is 33.9. The molecule has 0 unspecified atom stereocenters. The molecule has 0 aliphatic heterocycles. The van der Waals surface area contributed by atoms with E-state index in [1.165, 1.54) is 29.3 Å². The number of nitrogens with zero attached hydrogens (tertiary/aromatic N) is 3. The normalized spacial score (nSPS) is 9.70. The molecule has 0 amide bonds. The van der Waals surface area contributed by atoms with Crippen LogP contribution in [-0.2, 0) is 0 Å². The van der Waals surface area contributed by atoms with Gasteiger partial charge in [0.15, 0.2) is 17.5 Å². The van der Waals surface area contributed by atoms with Crippen molar-refractivity contribution in [2.24, 2.45) is 5.73 Å². The number of nitrogens with two attached hydrogens (primary N) is 1. The first kappa shape index (κ1) is 35.9. The van der Waals surface area contributed by atoms with Gasteiger partial charge >= 0.3 is 0 Å². The Kier molecular flexibility index (Phi) is 15.0. The molecule has 238 valence electrons. The van der Waals surface area contributed by atoms with Gasteiger partial charge in [-0.2, -0.15) is 0 Å². The first-order valence-corrected chi connectivity index (χ1v) is 16.1. The Morgan fingerprint density at radius 2 is 0.766 bits per heavy atom. The molecule has 1 heterocycles. The van der Waals surface area contributed by atoms with E-state index in [-0.39, 0.29) is 0 Å². The predicted octanol–water partition coefficient (Wildman–Crippen LogP) is 11.6. The summed E-state index contributed by atoms with van der Waals surface area (Å²) < 4.78 is 0. The van der Waals surface area contributed by atoms with E-state index in [4.69, 9.17) is 15.0 Å². The van der Waals surface area contributed by atoms with Gasteiger partial charge in [0.1, 0.15) is 0 Å². The number of rotatable bonds is 7. The van der Waals surface area contributed by atoms with Gasteiger partial charge < -0.3 is 5.73 Å². The molecule has 0 saturated heterocycles. The molecule has 0 aliphatic rings. The van der Waals surface area contributed by atoms with Crippen LogP contribution in [0.3, 0.4) is 0 Å². The Balaban J connectivity index is 0.000000534. The van der Waals surface area contributed by atoms with Crippen LogP contribution >= 0.6 is 0 Å². The number of allylic oxidation sites excluding steroid dienone is 1. The standard InChI is InChI=1S/C34H25N3.C5H10.C2H5N.C2H6/c1-24-12-14-29(15-13-24)32-35-33(30-20-16-27(17-21-30)25-8-4-2-5-9-25)37-34(36-32)31-22-18-28(19-23-31)26-10-6-3-7-11-26;1-3-5-4-2;1-2-3;1-2/h2-23H,1H3;3H,1,4-5H2,2H3;2H,1,3H2;1-2H3. The smallest absolute Gasteiger partial charge is 0.164 e. The largest absolute Gasteiger partial charge is 0.405 e. The third kappa shape index (κ3) is 10.8. The molecular formula is C43H46N4. The maximum absolute atomic E-state index is 4.90. The lowest BCUT2D eigenvalue weighted by molar-refractivity contribution is 0.961. The van der Waals surface area contributed by atoms with E-state index in [2.05, 4.69) is 154 Å². The number of aryl methyl sites for hydroxylation is 1. The SMILES string of the molecule is C=CCCC.C=CN.CC.Cc1ccc(-c2nc(-c3ccc(-c4ccccc4)cc3)nc(-c3ccc(-c4ccccc4)cc3)n2)cc1. The summed E-state index contributed by atoms with van der Waals surface area (Å²) in [6, 6.07) is 45.8. The highest BCUT2D eigenvalue weighted by Gasteiger charge is 2.13. The molecule has 6 rings (SSSR count). The van der Waals surface area contributed by atoms with Gasteiger partial charge in [-0.05, 0) is 41.8 Å². The van der Waals surface area contributed by atoms with Gasteiger partial charge in [-0.25, -0.2) is 15.0 Å². The minimum absolute atomic E-state index is 0.660. The van der Waals surface area contributed by atoms with Crippen LogP contribution in [0, 0.1) is 6.92 Å². The highest BCUT2D eigenvalue weighted by Crippen LogP contribution is 2.28. The second-order valence-corrected chi connectivity index (χ2v) is 10.4. The van der Waals surface area contributed by atoms with Crippen molar-refractivity contribution >= 4 is 0 Å². The van der Waals surface area contributed by atoms with Crippen molar-refractivity contribution < 1.29 is 0 Å². The fourth-order valence-electron chi connectivity index (χ4n) is 4.55. The second kappa shape index (κ2) is 19.7. The van der Waals surface area contributed by atoms with Gasteiger partial charge in [-0.3, -0.25) is 0 Å². The van der Waals surface area contributed by atoms with E-state index >= 15 is 0 Å². The quantitative estimate of drug-likeness (QED) is 0.181. The van der Waals surface area contributed by atoms with Crippen molar-refractivity contribution in [1.29, 1.82) is 0 Å². The lowest BCUT2D eigenvalue weighted by atomic mass is 10.0. The summed E-state index contributed by atoms with van der Waals surface area (Å²) >= 11 is 0. The topological polar surface area (TPSA) is 64.7 Å². The van der Waals surface area contributed by atoms with Crippen LogP contribution in [0.5, 0.6) is 0 Å². The molecule has 6 aromatic rings. The summed E-state index contributed by atoms with van der Waals surface area (Å²) in [6.45, 7) is 14.9. The average Bonchev–Trinajstić information content (AvgIpc) is 3.14. The van der Waals surface area contributed by atoms with Gasteiger partial charge in [0.05, 0.1) is 0 Å². The van der Waals surface area contributed by atoms with Gasteiger partial charge in [0, 0.05) is 16.7 Å². The summed E-state index contributed by atoms with van der Waals surface area (Å²) in [5.41, 5.74) is 13.4. The van der Waals surface area contributed by atoms with Gasteiger partial charge in [-0.1, -0.05) is 179 Å². The lowest BCUT2D eigenvalue weighted by Crippen LogP contribution is -2.00. The van der Waals surface area contributed by atoms with Crippen LogP contribution in [-0.4, -0.2) is 15.0 Å². The molecule has 5 aromatic carbocycles. The van der Waals surface area contributed by atoms with Crippen LogP contribution < -0.4 is 5.73 Å².